The smallest absolute Gasteiger partial charge is 0.255 e. The number of rotatable bonds is 7. The number of aryl methyl sites for hydroxylation is 2. The fourth-order valence-electron chi connectivity index (χ4n) is 2.77. The van der Waals surface area contributed by atoms with E-state index in [1.807, 2.05) is 58.9 Å². The number of amides is 2. The Kier molecular flexibility index (Phi) is 6.99. The molecule has 2 aromatic carbocycles. The number of carbonyl (C=O) groups excluding carboxylic acids is 2. The minimum Gasteiger partial charge on any atom is -0.493 e. The minimum atomic E-state index is -0.660. The van der Waals surface area contributed by atoms with Gasteiger partial charge in [-0.2, -0.15) is 0 Å². The highest BCUT2D eigenvalue weighted by Crippen LogP contribution is 2.20. The Labute approximate surface area is 161 Å². The van der Waals surface area contributed by atoms with Crippen molar-refractivity contribution in [1.29, 1.82) is 0 Å². The zero-order chi connectivity index (χ0) is 20.0. The second-order valence-electron chi connectivity index (χ2n) is 6.93. The van der Waals surface area contributed by atoms with Crippen LogP contribution in [-0.4, -0.2) is 24.5 Å². The topological polar surface area (TPSA) is 67.4 Å². The van der Waals surface area contributed by atoms with Gasteiger partial charge in [-0.05, 0) is 56.0 Å². The molecule has 0 aliphatic heterocycles. The van der Waals surface area contributed by atoms with Crippen LogP contribution >= 0.6 is 0 Å². The molecule has 2 rings (SSSR count). The molecule has 0 saturated carbocycles. The van der Waals surface area contributed by atoms with Gasteiger partial charge in [-0.1, -0.05) is 38.1 Å². The molecule has 0 aliphatic rings. The summed E-state index contributed by atoms with van der Waals surface area (Å²) in [6, 6.07) is 12.3. The standard InChI is InChI=1S/C22H28N2O3/c1-6-27-19-10-8-7-9-17(19)21(25)24-20(14(2)3)22(26)23-18-13-15(4)11-12-16(18)5/h7-14,20H,6H2,1-5H3,(H,23,26)(H,24,25). The largest absolute Gasteiger partial charge is 0.493 e. The third kappa shape index (κ3) is 5.33. The van der Waals surface area contributed by atoms with E-state index in [4.69, 9.17) is 4.74 Å². The predicted molar refractivity (Wildman–Crippen MR) is 108 cm³/mol. The lowest BCUT2D eigenvalue weighted by atomic mass is 10.0. The summed E-state index contributed by atoms with van der Waals surface area (Å²) in [7, 11) is 0. The van der Waals surface area contributed by atoms with Gasteiger partial charge in [0.05, 0.1) is 12.2 Å². The van der Waals surface area contributed by atoms with E-state index in [2.05, 4.69) is 10.6 Å². The van der Waals surface area contributed by atoms with Crippen LogP contribution in [0.15, 0.2) is 42.5 Å². The first-order chi connectivity index (χ1) is 12.8. The Morgan fingerprint density at radius 3 is 2.44 bits per heavy atom. The lowest BCUT2D eigenvalue weighted by Crippen LogP contribution is -2.47. The maximum atomic E-state index is 12.8. The first kappa shape index (κ1) is 20.5. The average molecular weight is 368 g/mol. The highest BCUT2D eigenvalue weighted by Gasteiger charge is 2.26. The molecule has 1 atom stereocenters. The van der Waals surface area contributed by atoms with Gasteiger partial charge >= 0.3 is 0 Å². The van der Waals surface area contributed by atoms with Gasteiger partial charge in [-0.3, -0.25) is 9.59 Å². The van der Waals surface area contributed by atoms with Crippen LogP contribution in [0.1, 0.15) is 42.3 Å². The molecule has 0 radical (unpaired) electrons. The molecular formula is C22H28N2O3. The maximum absolute atomic E-state index is 12.8. The number of anilines is 1. The summed E-state index contributed by atoms with van der Waals surface area (Å²) < 4.78 is 5.52. The summed E-state index contributed by atoms with van der Waals surface area (Å²) in [5.41, 5.74) is 3.22. The van der Waals surface area contributed by atoms with Crippen LogP contribution in [0.4, 0.5) is 5.69 Å². The van der Waals surface area contributed by atoms with Crippen LogP contribution in [0.3, 0.4) is 0 Å². The van der Waals surface area contributed by atoms with Crippen molar-refractivity contribution < 1.29 is 14.3 Å². The van der Waals surface area contributed by atoms with Gasteiger partial charge in [0, 0.05) is 5.69 Å². The Morgan fingerprint density at radius 2 is 1.78 bits per heavy atom. The van der Waals surface area contributed by atoms with Crippen LogP contribution in [-0.2, 0) is 4.79 Å². The van der Waals surface area contributed by atoms with Crippen molar-refractivity contribution >= 4 is 17.5 Å². The van der Waals surface area contributed by atoms with Gasteiger partial charge in [0.25, 0.3) is 5.91 Å². The van der Waals surface area contributed by atoms with Gasteiger partial charge in [0.1, 0.15) is 11.8 Å². The van der Waals surface area contributed by atoms with E-state index >= 15 is 0 Å². The third-order valence-corrected chi connectivity index (χ3v) is 4.32. The molecule has 144 valence electrons. The molecule has 0 heterocycles. The molecule has 1 unspecified atom stereocenters. The molecule has 5 nitrogen and oxygen atoms in total. The van der Waals surface area contributed by atoms with Gasteiger partial charge in [-0.15, -0.1) is 0 Å². The SMILES string of the molecule is CCOc1ccccc1C(=O)NC(C(=O)Nc1cc(C)ccc1C)C(C)C. The summed E-state index contributed by atoms with van der Waals surface area (Å²) in [5, 5.41) is 5.80. The Hall–Kier alpha value is -2.82. The van der Waals surface area contributed by atoms with Gasteiger partial charge in [0.2, 0.25) is 5.91 Å². The number of ether oxygens (including phenoxy) is 1. The zero-order valence-corrected chi connectivity index (χ0v) is 16.6. The van der Waals surface area contributed by atoms with Crippen LogP contribution < -0.4 is 15.4 Å². The fourth-order valence-corrected chi connectivity index (χ4v) is 2.77. The van der Waals surface area contributed by atoms with Crippen molar-refractivity contribution in [1.82, 2.24) is 5.32 Å². The second-order valence-corrected chi connectivity index (χ2v) is 6.93. The van der Waals surface area contributed by atoms with Crippen LogP contribution in [0, 0.1) is 19.8 Å². The number of para-hydroxylation sites is 1. The molecule has 27 heavy (non-hydrogen) atoms. The molecule has 0 aromatic heterocycles. The Bertz CT molecular complexity index is 815. The monoisotopic (exact) mass is 368 g/mol. The highest BCUT2D eigenvalue weighted by atomic mass is 16.5. The number of benzene rings is 2. The van der Waals surface area contributed by atoms with Gasteiger partial charge in [0.15, 0.2) is 0 Å². The number of hydrogen-bond acceptors (Lipinski definition) is 3. The molecule has 0 bridgehead atoms. The summed E-state index contributed by atoms with van der Waals surface area (Å²) in [4.78, 5) is 25.6. The molecule has 0 aliphatic carbocycles. The maximum Gasteiger partial charge on any atom is 0.255 e. The quantitative estimate of drug-likeness (QED) is 0.773. The summed E-state index contributed by atoms with van der Waals surface area (Å²) in [5.74, 6) is -0.122. The van der Waals surface area contributed by atoms with Gasteiger partial charge in [-0.25, -0.2) is 0 Å². The number of nitrogens with one attached hydrogen (secondary N) is 2. The van der Waals surface area contributed by atoms with Crippen LogP contribution in [0.2, 0.25) is 0 Å². The average Bonchev–Trinajstić information content (AvgIpc) is 2.63. The van der Waals surface area contributed by atoms with E-state index in [0.717, 1.165) is 16.8 Å². The van der Waals surface area contributed by atoms with Crippen molar-refractivity contribution in [3.05, 3.63) is 59.2 Å². The molecule has 0 fully saturated rings. The second kappa shape index (κ2) is 9.21. The van der Waals surface area contributed by atoms with E-state index < -0.39 is 6.04 Å². The molecule has 0 saturated heterocycles. The van der Waals surface area contributed by atoms with Crippen LogP contribution in [0.5, 0.6) is 5.75 Å². The van der Waals surface area contributed by atoms with Gasteiger partial charge < -0.3 is 15.4 Å². The molecule has 2 amide bonds. The number of hydrogen-bond donors (Lipinski definition) is 2. The Balaban J connectivity index is 2.19. The molecule has 0 spiro atoms. The van der Waals surface area contributed by atoms with Crippen LogP contribution in [0.25, 0.3) is 0 Å². The predicted octanol–water partition coefficient (Wildman–Crippen LogP) is 4.10. The summed E-state index contributed by atoms with van der Waals surface area (Å²) in [6.07, 6.45) is 0. The van der Waals surface area contributed by atoms with E-state index in [9.17, 15) is 9.59 Å². The zero-order valence-electron chi connectivity index (χ0n) is 16.6. The molecule has 2 N–H and O–H groups in total. The number of carbonyl (C=O) groups is 2. The minimum absolute atomic E-state index is 0.0710. The Morgan fingerprint density at radius 1 is 1.07 bits per heavy atom. The molecule has 5 heteroatoms. The van der Waals surface area contributed by atoms with E-state index in [1.165, 1.54) is 0 Å². The van der Waals surface area contributed by atoms with E-state index in [-0.39, 0.29) is 17.7 Å². The van der Waals surface area contributed by atoms with E-state index in [0.29, 0.717) is 17.9 Å². The summed E-state index contributed by atoms with van der Waals surface area (Å²) in [6.45, 7) is 10.1. The van der Waals surface area contributed by atoms with Crippen molar-refractivity contribution in [2.45, 2.75) is 40.7 Å². The molecular weight excluding hydrogens is 340 g/mol. The highest BCUT2D eigenvalue weighted by molar-refractivity contribution is 6.02. The summed E-state index contributed by atoms with van der Waals surface area (Å²) >= 11 is 0. The third-order valence-electron chi connectivity index (χ3n) is 4.32. The first-order valence-corrected chi connectivity index (χ1v) is 9.24. The van der Waals surface area contributed by atoms with Crippen molar-refractivity contribution in [2.24, 2.45) is 5.92 Å². The lowest BCUT2D eigenvalue weighted by Gasteiger charge is -2.23. The normalized spacial score (nSPS) is 11.8. The lowest BCUT2D eigenvalue weighted by molar-refractivity contribution is -0.118. The van der Waals surface area contributed by atoms with Crippen molar-refractivity contribution in [3.63, 3.8) is 0 Å². The van der Waals surface area contributed by atoms with Crippen molar-refractivity contribution in [2.75, 3.05) is 11.9 Å². The van der Waals surface area contributed by atoms with E-state index in [1.54, 1.807) is 18.2 Å². The fraction of sp³-hybridized carbons (Fsp3) is 0.364. The van der Waals surface area contributed by atoms with Crippen molar-refractivity contribution in [3.8, 4) is 5.75 Å². The molecule has 2 aromatic rings. The first-order valence-electron chi connectivity index (χ1n) is 9.24.